The van der Waals surface area contributed by atoms with E-state index in [2.05, 4.69) is 4.90 Å². The van der Waals surface area contributed by atoms with Gasteiger partial charge in [-0.2, -0.15) is 16.8 Å². The summed E-state index contributed by atoms with van der Waals surface area (Å²) < 4.78 is 79.3. The Morgan fingerprint density at radius 3 is 2.00 bits per heavy atom. The fourth-order valence-electron chi connectivity index (χ4n) is 7.90. The van der Waals surface area contributed by atoms with Gasteiger partial charge in [-0.3, -0.25) is 8.37 Å². The maximum atomic E-state index is 13.7. The molecule has 2 aliphatic heterocycles. The van der Waals surface area contributed by atoms with Crippen LogP contribution in [0.2, 0.25) is 0 Å². The third-order valence-corrected chi connectivity index (χ3v) is 12.6. The van der Waals surface area contributed by atoms with Gasteiger partial charge in [-0.1, -0.05) is 41.5 Å². The molecule has 2 aliphatic carbocycles. The molecule has 0 radical (unpaired) electrons. The fourth-order valence-corrected chi connectivity index (χ4v) is 10.1. The Morgan fingerprint density at radius 2 is 1.42 bits per heavy atom. The summed E-state index contributed by atoms with van der Waals surface area (Å²) in [5.74, 6) is 0.851. The highest BCUT2D eigenvalue weighted by molar-refractivity contribution is 7.87. The zero-order chi connectivity index (χ0) is 30.3. The molecule has 3 aromatic rings. The summed E-state index contributed by atoms with van der Waals surface area (Å²) in [4.78, 5) is 2.35. The van der Waals surface area contributed by atoms with Crippen LogP contribution in [0.5, 0.6) is 11.5 Å². The molecule has 2 bridgehead atoms. The van der Waals surface area contributed by atoms with Crippen molar-refractivity contribution < 1.29 is 34.7 Å². The first-order chi connectivity index (χ1) is 20.4. The van der Waals surface area contributed by atoms with E-state index in [4.69, 9.17) is 17.8 Å². The fraction of sp³-hybridized carbons (Fsp3) is 0.438. The van der Waals surface area contributed by atoms with Gasteiger partial charge in [0.15, 0.2) is 11.5 Å². The molecule has 3 aromatic carbocycles. The second-order valence-electron chi connectivity index (χ2n) is 12.3. The molecule has 1 spiro atoms. The first kappa shape index (κ1) is 28.8. The van der Waals surface area contributed by atoms with Crippen molar-refractivity contribution in [1.29, 1.82) is 0 Å². The highest BCUT2D eigenvalue weighted by atomic mass is 32.2. The first-order valence-corrected chi connectivity index (χ1v) is 17.3. The molecule has 0 amide bonds. The lowest BCUT2D eigenvalue weighted by Gasteiger charge is -2.60. The van der Waals surface area contributed by atoms with Crippen molar-refractivity contribution in [2.24, 2.45) is 5.92 Å². The van der Waals surface area contributed by atoms with E-state index in [1.165, 1.54) is 24.3 Å². The smallest absolute Gasteiger partial charge is 0.297 e. The molecule has 1 saturated heterocycles. The van der Waals surface area contributed by atoms with Gasteiger partial charge in [-0.15, -0.1) is 0 Å². The number of nitrogens with zero attached hydrogens (tertiary/aromatic N) is 1. The van der Waals surface area contributed by atoms with E-state index in [0.29, 0.717) is 24.3 Å². The van der Waals surface area contributed by atoms with E-state index in [1.54, 1.807) is 31.4 Å². The summed E-state index contributed by atoms with van der Waals surface area (Å²) in [5, 5.41) is 0. The van der Waals surface area contributed by atoms with E-state index in [0.717, 1.165) is 28.8 Å². The molecule has 2 fully saturated rings. The second-order valence-corrected chi connectivity index (χ2v) is 15.4. The molecule has 43 heavy (non-hydrogen) atoms. The predicted octanol–water partition coefficient (Wildman–Crippen LogP) is 4.14. The van der Waals surface area contributed by atoms with Crippen LogP contribution in [0.3, 0.4) is 0 Å². The largest absolute Gasteiger partial charge is 0.493 e. The molecule has 0 unspecified atom stereocenters. The number of likely N-dealkylation sites (tertiary alicyclic amines) is 1. The standard InChI is InChI=1S/C32H35NO8S2/c1-19-5-10-22(11-6-19)42(34,35)40-26-18-27(41-43(36,37)23-12-7-20(2)8-13-23)31-32-15-16-33(3)24(29(26)32)17-21-9-14-25(38-4)30(39-31)28(21)32/h5-14,24,26-27,29,31H,15-18H2,1-4H3/t24-,26-,27-,29+,31+,32-/m1/s1. The maximum Gasteiger partial charge on any atom is 0.297 e. The highest BCUT2D eigenvalue weighted by Crippen LogP contribution is 2.64. The van der Waals surface area contributed by atoms with Crippen molar-refractivity contribution in [1.82, 2.24) is 4.90 Å². The van der Waals surface area contributed by atoms with Crippen LogP contribution in [-0.4, -0.2) is 66.8 Å². The average Bonchev–Trinajstić information content (AvgIpc) is 3.31. The lowest BCUT2D eigenvalue weighted by molar-refractivity contribution is -0.134. The molecule has 1 saturated carbocycles. The minimum Gasteiger partial charge on any atom is -0.493 e. The average molecular weight is 626 g/mol. The van der Waals surface area contributed by atoms with E-state index in [1.807, 2.05) is 33.0 Å². The predicted molar refractivity (Wildman–Crippen MR) is 158 cm³/mol. The summed E-state index contributed by atoms with van der Waals surface area (Å²) >= 11 is 0. The lowest BCUT2D eigenvalue weighted by Crippen LogP contribution is -2.70. The zero-order valence-corrected chi connectivity index (χ0v) is 26.2. The third kappa shape index (κ3) is 4.42. The van der Waals surface area contributed by atoms with Gasteiger partial charge < -0.3 is 14.4 Å². The minimum atomic E-state index is -4.22. The molecule has 7 rings (SSSR count). The normalized spacial score (nSPS) is 29.5. The topological polar surface area (TPSA) is 108 Å². The van der Waals surface area contributed by atoms with Crippen molar-refractivity contribution >= 4 is 20.2 Å². The van der Waals surface area contributed by atoms with Gasteiger partial charge in [0.1, 0.15) is 12.2 Å². The molecule has 228 valence electrons. The van der Waals surface area contributed by atoms with Gasteiger partial charge in [0.2, 0.25) is 0 Å². The van der Waals surface area contributed by atoms with E-state index in [9.17, 15) is 16.8 Å². The van der Waals surface area contributed by atoms with Crippen LogP contribution < -0.4 is 9.47 Å². The first-order valence-electron chi connectivity index (χ1n) is 14.5. The molecule has 6 atom stereocenters. The number of piperidine rings is 1. The Kier molecular flexibility index (Phi) is 6.72. The van der Waals surface area contributed by atoms with Gasteiger partial charge >= 0.3 is 0 Å². The Labute approximate surface area is 253 Å². The summed E-state index contributed by atoms with van der Waals surface area (Å²) in [6, 6.07) is 16.9. The van der Waals surface area contributed by atoms with Crippen LogP contribution in [0.15, 0.2) is 70.5 Å². The summed E-state index contributed by atoms with van der Waals surface area (Å²) in [6.45, 7) is 4.49. The molecule has 0 aromatic heterocycles. The van der Waals surface area contributed by atoms with Crippen molar-refractivity contribution in [3.05, 3.63) is 82.9 Å². The molecular formula is C32H35NO8S2. The van der Waals surface area contributed by atoms with E-state index in [-0.39, 0.29) is 28.2 Å². The minimum absolute atomic E-state index is 0.0171. The Hall–Kier alpha value is -2.96. The summed E-state index contributed by atoms with van der Waals surface area (Å²) in [5.41, 5.74) is 3.18. The molecule has 2 heterocycles. The number of ether oxygens (including phenoxy) is 2. The van der Waals surface area contributed by atoms with Crippen molar-refractivity contribution in [3.63, 3.8) is 0 Å². The van der Waals surface area contributed by atoms with Gasteiger partial charge in [0.25, 0.3) is 20.2 Å². The lowest BCUT2D eigenvalue weighted by atomic mass is 9.50. The van der Waals surface area contributed by atoms with Crippen LogP contribution in [0.25, 0.3) is 0 Å². The number of aryl methyl sites for hydroxylation is 2. The monoisotopic (exact) mass is 625 g/mol. The number of hydrogen-bond acceptors (Lipinski definition) is 9. The molecule has 0 N–H and O–H groups in total. The molecule has 11 heteroatoms. The van der Waals surface area contributed by atoms with Crippen LogP contribution in [0.4, 0.5) is 0 Å². The van der Waals surface area contributed by atoms with Gasteiger partial charge in [0.05, 0.1) is 23.0 Å². The van der Waals surface area contributed by atoms with Crippen LogP contribution >= 0.6 is 0 Å². The number of benzene rings is 3. The molecular weight excluding hydrogens is 590 g/mol. The highest BCUT2D eigenvalue weighted by Gasteiger charge is 2.69. The Morgan fingerprint density at radius 1 is 0.837 bits per heavy atom. The zero-order valence-electron chi connectivity index (χ0n) is 24.5. The van der Waals surface area contributed by atoms with Crippen LogP contribution in [0.1, 0.15) is 35.1 Å². The van der Waals surface area contributed by atoms with Crippen molar-refractivity contribution in [2.75, 3.05) is 20.7 Å². The van der Waals surface area contributed by atoms with Crippen molar-refractivity contribution in [3.8, 4) is 11.5 Å². The second kappa shape index (κ2) is 10.0. The maximum absolute atomic E-state index is 13.7. The number of likely N-dealkylation sites (N-methyl/N-ethyl adjacent to an activating group) is 1. The van der Waals surface area contributed by atoms with Gasteiger partial charge in [0, 0.05) is 29.4 Å². The quantitative estimate of drug-likeness (QED) is 0.358. The van der Waals surface area contributed by atoms with Crippen LogP contribution in [0, 0.1) is 19.8 Å². The third-order valence-electron chi connectivity index (χ3n) is 9.85. The van der Waals surface area contributed by atoms with Gasteiger partial charge in [-0.25, -0.2) is 0 Å². The van der Waals surface area contributed by atoms with Gasteiger partial charge in [-0.05, 0) is 76.2 Å². The van der Waals surface area contributed by atoms with E-state index >= 15 is 0 Å². The Bertz CT molecular complexity index is 1790. The Balaban J connectivity index is 1.37. The number of hydrogen-bond donors (Lipinski definition) is 0. The summed E-state index contributed by atoms with van der Waals surface area (Å²) in [6.07, 6.45) is -1.22. The summed E-state index contributed by atoms with van der Waals surface area (Å²) in [7, 11) is -4.78. The van der Waals surface area contributed by atoms with E-state index < -0.39 is 44.0 Å². The number of rotatable bonds is 7. The molecule has 9 nitrogen and oxygen atoms in total. The van der Waals surface area contributed by atoms with Crippen molar-refractivity contribution in [2.45, 2.75) is 72.7 Å². The van der Waals surface area contributed by atoms with Crippen LogP contribution in [-0.2, 0) is 40.4 Å². The molecule has 4 aliphatic rings. The number of methoxy groups -OCH3 is 1. The SMILES string of the molecule is COc1ccc2c3c1O[C@H]1[C@H](OS(=O)(=O)c4ccc(C)cc4)C[C@@H](OS(=O)(=O)c4ccc(C)cc4)[C@@H]4[C@@H](C2)N(C)CC[C@@]341.